The van der Waals surface area contributed by atoms with Crippen molar-refractivity contribution in [2.45, 2.75) is 13.8 Å². The van der Waals surface area contributed by atoms with Crippen molar-refractivity contribution in [2.24, 2.45) is 0 Å². The molecule has 0 atom stereocenters. The van der Waals surface area contributed by atoms with Crippen LogP contribution in [0.25, 0.3) is 0 Å². The van der Waals surface area contributed by atoms with Gasteiger partial charge in [0.2, 0.25) is 10.0 Å². The van der Waals surface area contributed by atoms with Gasteiger partial charge in [-0.1, -0.05) is 12.1 Å². The molecule has 0 spiro atoms. The minimum atomic E-state index is -3.22. The number of ether oxygens (including phenoxy) is 1. The maximum atomic E-state index is 11.5. The van der Waals surface area contributed by atoms with Gasteiger partial charge in [-0.15, -0.1) is 0 Å². The number of hydrogen-bond donors (Lipinski definition) is 2. The molecule has 0 saturated heterocycles. The zero-order chi connectivity index (χ0) is 15.2. The molecule has 6 nitrogen and oxygen atoms in total. The summed E-state index contributed by atoms with van der Waals surface area (Å²) in [4.78, 5) is 11.5. The van der Waals surface area contributed by atoms with E-state index in [0.717, 1.165) is 17.4 Å². The summed E-state index contributed by atoms with van der Waals surface area (Å²) < 4.78 is 29.3. The van der Waals surface area contributed by atoms with Crippen LogP contribution in [0.3, 0.4) is 0 Å². The Kier molecular flexibility index (Phi) is 5.97. The van der Waals surface area contributed by atoms with Gasteiger partial charge in [-0.3, -0.25) is 4.79 Å². The molecule has 0 aliphatic carbocycles. The second kappa shape index (κ2) is 7.25. The van der Waals surface area contributed by atoms with Crippen LogP contribution in [0.15, 0.2) is 18.2 Å². The van der Waals surface area contributed by atoms with Crippen molar-refractivity contribution in [3.05, 3.63) is 29.3 Å². The Bertz CT molecular complexity index is 570. The molecule has 0 bridgehead atoms. The first-order valence-electron chi connectivity index (χ1n) is 6.20. The Morgan fingerprint density at radius 1 is 1.25 bits per heavy atom. The highest BCUT2D eigenvalue weighted by Crippen LogP contribution is 2.20. The fraction of sp³-hybridized carbons (Fsp3) is 0.462. The van der Waals surface area contributed by atoms with Crippen molar-refractivity contribution >= 4 is 15.9 Å². The molecule has 2 N–H and O–H groups in total. The minimum Gasteiger partial charge on any atom is -0.483 e. The molecule has 20 heavy (non-hydrogen) atoms. The first-order chi connectivity index (χ1) is 9.29. The van der Waals surface area contributed by atoms with Gasteiger partial charge < -0.3 is 10.1 Å². The van der Waals surface area contributed by atoms with E-state index in [1.807, 2.05) is 26.0 Å². The Hall–Kier alpha value is -1.60. The van der Waals surface area contributed by atoms with E-state index in [2.05, 4.69) is 10.0 Å². The van der Waals surface area contributed by atoms with Crippen LogP contribution in [-0.2, 0) is 14.8 Å². The maximum Gasteiger partial charge on any atom is 0.257 e. The number of amides is 1. The zero-order valence-corrected chi connectivity index (χ0v) is 12.7. The number of carbonyl (C=O) groups excluding carboxylic acids is 1. The predicted octanol–water partition coefficient (Wildman–Crippen LogP) is 0.348. The number of rotatable bonds is 7. The molecule has 1 aromatic carbocycles. The molecule has 0 heterocycles. The van der Waals surface area contributed by atoms with Crippen LogP contribution >= 0.6 is 0 Å². The number of nitrogens with one attached hydrogen (secondary N) is 2. The molecule has 0 aliphatic rings. The molecule has 0 unspecified atom stereocenters. The van der Waals surface area contributed by atoms with E-state index in [4.69, 9.17) is 4.74 Å². The van der Waals surface area contributed by atoms with E-state index in [0.29, 0.717) is 5.75 Å². The molecule has 1 rings (SSSR count). The van der Waals surface area contributed by atoms with Gasteiger partial charge in [-0.2, -0.15) is 0 Å². The fourth-order valence-electron chi connectivity index (χ4n) is 1.51. The van der Waals surface area contributed by atoms with Gasteiger partial charge in [0.25, 0.3) is 5.91 Å². The van der Waals surface area contributed by atoms with Crippen molar-refractivity contribution in [1.29, 1.82) is 0 Å². The SMILES string of the molecule is Cc1cccc(OCC(=O)NCCNS(C)(=O)=O)c1C. The van der Waals surface area contributed by atoms with E-state index >= 15 is 0 Å². The van der Waals surface area contributed by atoms with Gasteiger partial charge in [0.05, 0.1) is 6.26 Å². The molecular weight excluding hydrogens is 280 g/mol. The summed E-state index contributed by atoms with van der Waals surface area (Å²) in [5.41, 5.74) is 2.10. The lowest BCUT2D eigenvalue weighted by Crippen LogP contribution is -2.36. The van der Waals surface area contributed by atoms with E-state index in [-0.39, 0.29) is 25.6 Å². The van der Waals surface area contributed by atoms with Crippen LogP contribution in [0.1, 0.15) is 11.1 Å². The Morgan fingerprint density at radius 3 is 2.60 bits per heavy atom. The van der Waals surface area contributed by atoms with Crippen molar-refractivity contribution in [2.75, 3.05) is 26.0 Å². The molecule has 0 radical (unpaired) electrons. The molecular formula is C13H20N2O4S. The van der Waals surface area contributed by atoms with E-state index < -0.39 is 10.0 Å². The highest BCUT2D eigenvalue weighted by Gasteiger charge is 2.06. The first kappa shape index (κ1) is 16.5. The molecule has 0 aromatic heterocycles. The summed E-state index contributed by atoms with van der Waals surface area (Å²) in [7, 11) is -3.22. The van der Waals surface area contributed by atoms with Crippen LogP contribution in [0.2, 0.25) is 0 Å². The topological polar surface area (TPSA) is 84.5 Å². The van der Waals surface area contributed by atoms with Crippen LogP contribution in [0.4, 0.5) is 0 Å². The summed E-state index contributed by atoms with van der Waals surface area (Å²) >= 11 is 0. The number of hydrogen-bond acceptors (Lipinski definition) is 4. The third-order valence-electron chi connectivity index (χ3n) is 2.73. The molecule has 0 aliphatic heterocycles. The lowest BCUT2D eigenvalue weighted by molar-refractivity contribution is -0.123. The summed E-state index contributed by atoms with van der Waals surface area (Å²) in [6.07, 6.45) is 1.07. The molecule has 112 valence electrons. The van der Waals surface area contributed by atoms with Crippen molar-refractivity contribution in [3.63, 3.8) is 0 Å². The van der Waals surface area contributed by atoms with Gasteiger partial charge in [0.1, 0.15) is 5.75 Å². The van der Waals surface area contributed by atoms with Crippen LogP contribution < -0.4 is 14.8 Å². The van der Waals surface area contributed by atoms with Crippen LogP contribution in [0.5, 0.6) is 5.75 Å². The zero-order valence-electron chi connectivity index (χ0n) is 11.9. The average molecular weight is 300 g/mol. The van der Waals surface area contributed by atoms with Gasteiger partial charge >= 0.3 is 0 Å². The average Bonchev–Trinajstić information content (AvgIpc) is 2.35. The third-order valence-corrected chi connectivity index (χ3v) is 3.45. The van der Waals surface area contributed by atoms with Crippen molar-refractivity contribution < 1.29 is 17.9 Å². The number of carbonyl (C=O) groups is 1. The summed E-state index contributed by atoms with van der Waals surface area (Å²) in [6.45, 7) is 4.19. The molecule has 0 saturated carbocycles. The second-order valence-electron chi connectivity index (χ2n) is 4.50. The van der Waals surface area contributed by atoms with Crippen LogP contribution in [-0.4, -0.2) is 40.3 Å². The Morgan fingerprint density at radius 2 is 1.95 bits per heavy atom. The predicted molar refractivity (Wildman–Crippen MR) is 77.3 cm³/mol. The fourth-order valence-corrected chi connectivity index (χ4v) is 1.99. The summed E-state index contributed by atoms with van der Waals surface area (Å²) in [6, 6.07) is 5.64. The van der Waals surface area contributed by atoms with Crippen molar-refractivity contribution in [1.82, 2.24) is 10.0 Å². The minimum absolute atomic E-state index is 0.0941. The van der Waals surface area contributed by atoms with Gasteiger partial charge in [0, 0.05) is 13.1 Å². The number of aryl methyl sites for hydroxylation is 1. The van der Waals surface area contributed by atoms with Gasteiger partial charge in [-0.05, 0) is 31.0 Å². The molecule has 0 fully saturated rings. The molecule has 7 heteroatoms. The Labute approximate surface area is 119 Å². The monoisotopic (exact) mass is 300 g/mol. The molecule has 1 aromatic rings. The van der Waals surface area contributed by atoms with E-state index in [1.165, 1.54) is 0 Å². The van der Waals surface area contributed by atoms with Gasteiger partial charge in [0.15, 0.2) is 6.61 Å². The van der Waals surface area contributed by atoms with Crippen molar-refractivity contribution in [3.8, 4) is 5.75 Å². The normalized spacial score (nSPS) is 11.2. The summed E-state index contributed by atoms with van der Waals surface area (Å²) in [5.74, 6) is 0.385. The lowest BCUT2D eigenvalue weighted by Gasteiger charge is -2.11. The van der Waals surface area contributed by atoms with E-state index in [9.17, 15) is 13.2 Å². The number of benzene rings is 1. The van der Waals surface area contributed by atoms with Gasteiger partial charge in [-0.25, -0.2) is 13.1 Å². The lowest BCUT2D eigenvalue weighted by atomic mass is 10.1. The largest absolute Gasteiger partial charge is 0.483 e. The van der Waals surface area contributed by atoms with E-state index in [1.54, 1.807) is 6.07 Å². The smallest absolute Gasteiger partial charge is 0.257 e. The maximum absolute atomic E-state index is 11.5. The third kappa shape index (κ3) is 6.03. The number of sulfonamides is 1. The Balaban J connectivity index is 2.32. The highest BCUT2D eigenvalue weighted by molar-refractivity contribution is 7.88. The quantitative estimate of drug-likeness (QED) is 0.712. The van der Waals surface area contributed by atoms with Crippen LogP contribution in [0, 0.1) is 13.8 Å². The summed E-state index contributed by atoms with van der Waals surface area (Å²) in [5, 5.41) is 2.57. The first-order valence-corrected chi connectivity index (χ1v) is 8.09. The molecule has 1 amide bonds. The second-order valence-corrected chi connectivity index (χ2v) is 6.34. The standard InChI is InChI=1S/C13H20N2O4S/c1-10-5-4-6-12(11(10)2)19-9-13(16)14-7-8-15-20(3,17)18/h4-6,15H,7-9H2,1-3H3,(H,14,16). The highest BCUT2D eigenvalue weighted by atomic mass is 32.2.